The number of hydrogen-bond acceptors (Lipinski definition) is 4. The molecule has 1 aliphatic heterocycles. The van der Waals surface area contributed by atoms with Crippen molar-refractivity contribution in [3.63, 3.8) is 0 Å². The van der Waals surface area contributed by atoms with Crippen molar-refractivity contribution >= 4 is 17.8 Å². The molecular weight excluding hydrogens is 242 g/mol. The van der Waals surface area contributed by atoms with E-state index < -0.39 is 23.4 Å². The van der Waals surface area contributed by atoms with Crippen molar-refractivity contribution < 1.29 is 29.3 Å². The largest absolute Gasteiger partial charge is 0.481 e. The molecule has 1 heterocycles. The Labute approximate surface area is 104 Å². The number of amides is 1. The molecule has 0 spiro atoms. The molecular formula is C11H17NO6. The van der Waals surface area contributed by atoms with Crippen molar-refractivity contribution in [3.8, 4) is 0 Å². The van der Waals surface area contributed by atoms with Gasteiger partial charge in [-0.1, -0.05) is 6.92 Å². The summed E-state index contributed by atoms with van der Waals surface area (Å²) in [7, 11) is 0. The molecule has 0 unspecified atom stereocenters. The first-order valence-corrected chi connectivity index (χ1v) is 5.74. The van der Waals surface area contributed by atoms with Crippen molar-refractivity contribution in [1.29, 1.82) is 0 Å². The lowest BCUT2D eigenvalue weighted by atomic mass is 9.82. The van der Waals surface area contributed by atoms with E-state index in [9.17, 15) is 14.4 Å². The van der Waals surface area contributed by atoms with Crippen molar-refractivity contribution in [2.75, 3.05) is 13.2 Å². The van der Waals surface area contributed by atoms with Crippen molar-refractivity contribution in [3.05, 3.63) is 0 Å². The number of aliphatic carboxylic acids is 2. The van der Waals surface area contributed by atoms with Crippen LogP contribution >= 0.6 is 0 Å². The number of carboxylic acids is 2. The normalized spacial score (nSPS) is 18.5. The zero-order valence-electron chi connectivity index (χ0n) is 10.1. The number of nitrogens with one attached hydrogen (secondary N) is 1. The Balaban J connectivity index is 2.57. The molecule has 1 fully saturated rings. The molecule has 18 heavy (non-hydrogen) atoms. The number of ether oxygens (including phenoxy) is 1. The van der Waals surface area contributed by atoms with E-state index in [-0.39, 0.29) is 32.0 Å². The highest BCUT2D eigenvalue weighted by Crippen LogP contribution is 2.31. The maximum atomic E-state index is 11.9. The molecule has 0 aliphatic carbocycles. The van der Waals surface area contributed by atoms with Gasteiger partial charge in [0.2, 0.25) is 5.91 Å². The van der Waals surface area contributed by atoms with Crippen LogP contribution in [0.1, 0.15) is 26.2 Å². The number of carbonyl (C=O) groups excluding carboxylic acids is 1. The minimum atomic E-state index is -1.23. The van der Waals surface area contributed by atoms with Crippen LogP contribution in [0.15, 0.2) is 0 Å². The Morgan fingerprint density at radius 3 is 2.28 bits per heavy atom. The number of hydrogen-bond donors (Lipinski definition) is 3. The van der Waals surface area contributed by atoms with Crippen LogP contribution in [0, 0.1) is 5.41 Å². The van der Waals surface area contributed by atoms with Crippen LogP contribution in [0.4, 0.5) is 0 Å². The Morgan fingerprint density at radius 1 is 1.33 bits per heavy atom. The third kappa shape index (κ3) is 3.19. The topological polar surface area (TPSA) is 113 Å². The standard InChI is InChI=1S/C11H17NO6/c1-2-11(5-18-6-11)10(17)12-7(9(15)16)3-4-8(13)14/h7H,2-6H2,1H3,(H,12,17)(H,13,14)(H,15,16)/t7-/m0/s1. The highest BCUT2D eigenvalue weighted by molar-refractivity contribution is 5.88. The van der Waals surface area contributed by atoms with Gasteiger partial charge in [-0.25, -0.2) is 4.79 Å². The molecule has 0 radical (unpaired) electrons. The van der Waals surface area contributed by atoms with E-state index in [1.54, 1.807) is 0 Å². The fourth-order valence-corrected chi connectivity index (χ4v) is 1.68. The monoisotopic (exact) mass is 259 g/mol. The lowest BCUT2D eigenvalue weighted by Crippen LogP contribution is -2.57. The molecule has 1 aliphatic rings. The molecule has 0 aromatic rings. The molecule has 102 valence electrons. The van der Waals surface area contributed by atoms with Gasteiger partial charge >= 0.3 is 11.9 Å². The highest BCUT2D eigenvalue weighted by atomic mass is 16.5. The zero-order chi connectivity index (χ0) is 13.8. The third-order valence-electron chi connectivity index (χ3n) is 3.17. The predicted molar refractivity (Wildman–Crippen MR) is 60.0 cm³/mol. The number of carboxylic acid groups (broad SMARTS) is 2. The maximum Gasteiger partial charge on any atom is 0.326 e. The number of rotatable bonds is 7. The second kappa shape index (κ2) is 5.81. The van der Waals surface area contributed by atoms with Crippen molar-refractivity contribution in [1.82, 2.24) is 5.32 Å². The molecule has 3 N–H and O–H groups in total. The van der Waals surface area contributed by atoms with Gasteiger partial charge in [0.15, 0.2) is 0 Å². The summed E-state index contributed by atoms with van der Waals surface area (Å²) >= 11 is 0. The second-order valence-electron chi connectivity index (χ2n) is 4.42. The van der Waals surface area contributed by atoms with E-state index in [1.807, 2.05) is 6.92 Å². The molecule has 0 aromatic carbocycles. The minimum Gasteiger partial charge on any atom is -0.481 e. The average molecular weight is 259 g/mol. The summed E-state index contributed by atoms with van der Waals surface area (Å²) in [5, 5.41) is 19.8. The van der Waals surface area contributed by atoms with E-state index in [1.165, 1.54) is 0 Å². The summed E-state index contributed by atoms with van der Waals surface area (Å²) < 4.78 is 4.99. The Bertz CT molecular complexity index is 344. The van der Waals surface area contributed by atoms with Crippen LogP contribution in [-0.2, 0) is 19.1 Å². The van der Waals surface area contributed by atoms with Gasteiger partial charge in [-0.3, -0.25) is 9.59 Å². The van der Waals surface area contributed by atoms with Gasteiger partial charge in [0.05, 0.1) is 18.6 Å². The van der Waals surface area contributed by atoms with Gasteiger partial charge in [0.1, 0.15) is 6.04 Å². The summed E-state index contributed by atoms with van der Waals surface area (Å²) in [6, 6.07) is -1.17. The minimum absolute atomic E-state index is 0.128. The van der Waals surface area contributed by atoms with Crippen LogP contribution in [0.5, 0.6) is 0 Å². The molecule has 7 nitrogen and oxygen atoms in total. The quantitative estimate of drug-likeness (QED) is 0.586. The van der Waals surface area contributed by atoms with E-state index in [0.29, 0.717) is 6.42 Å². The first-order chi connectivity index (χ1) is 8.41. The summed E-state index contributed by atoms with van der Waals surface area (Å²) in [6.07, 6.45) is 0.133. The van der Waals surface area contributed by atoms with Gasteiger partial charge in [0, 0.05) is 6.42 Å². The van der Waals surface area contributed by atoms with Gasteiger partial charge in [-0.05, 0) is 12.8 Å². The van der Waals surface area contributed by atoms with Gasteiger partial charge in [-0.2, -0.15) is 0 Å². The second-order valence-corrected chi connectivity index (χ2v) is 4.42. The smallest absolute Gasteiger partial charge is 0.326 e. The fraction of sp³-hybridized carbons (Fsp3) is 0.727. The van der Waals surface area contributed by atoms with E-state index in [0.717, 1.165) is 0 Å². The molecule has 0 saturated carbocycles. The lowest BCUT2D eigenvalue weighted by Gasteiger charge is -2.39. The Morgan fingerprint density at radius 2 is 1.94 bits per heavy atom. The van der Waals surface area contributed by atoms with Crippen LogP contribution < -0.4 is 5.32 Å². The highest BCUT2D eigenvalue weighted by Gasteiger charge is 2.45. The summed E-state index contributed by atoms with van der Waals surface area (Å²) in [5.74, 6) is -2.70. The first kappa shape index (κ1) is 14.4. The molecule has 1 atom stereocenters. The molecule has 1 amide bonds. The lowest BCUT2D eigenvalue weighted by molar-refractivity contribution is -0.165. The van der Waals surface area contributed by atoms with E-state index in [2.05, 4.69) is 5.32 Å². The van der Waals surface area contributed by atoms with E-state index in [4.69, 9.17) is 14.9 Å². The average Bonchev–Trinajstić information content (AvgIpc) is 2.22. The molecule has 0 bridgehead atoms. The molecule has 0 aromatic heterocycles. The predicted octanol–water partition coefficient (Wildman–Crippen LogP) is -0.153. The molecule has 1 saturated heterocycles. The Kier molecular flexibility index (Phi) is 4.66. The van der Waals surface area contributed by atoms with E-state index >= 15 is 0 Å². The summed E-state index contributed by atoms with van der Waals surface area (Å²) in [6.45, 7) is 2.39. The number of carbonyl (C=O) groups is 3. The molecule has 7 heteroatoms. The van der Waals surface area contributed by atoms with Gasteiger partial charge in [-0.15, -0.1) is 0 Å². The van der Waals surface area contributed by atoms with Crippen LogP contribution in [-0.4, -0.2) is 47.3 Å². The first-order valence-electron chi connectivity index (χ1n) is 5.74. The SMILES string of the molecule is CCC1(C(=O)N[C@@H](CCC(=O)O)C(=O)O)COC1. The van der Waals surface area contributed by atoms with Crippen LogP contribution in [0.3, 0.4) is 0 Å². The van der Waals surface area contributed by atoms with Gasteiger partial charge in [0.25, 0.3) is 0 Å². The van der Waals surface area contributed by atoms with Crippen LogP contribution in [0.2, 0.25) is 0 Å². The Hall–Kier alpha value is -1.63. The summed E-state index contributed by atoms with van der Waals surface area (Å²) in [4.78, 5) is 33.3. The maximum absolute atomic E-state index is 11.9. The third-order valence-corrected chi connectivity index (χ3v) is 3.17. The van der Waals surface area contributed by atoms with Crippen molar-refractivity contribution in [2.24, 2.45) is 5.41 Å². The van der Waals surface area contributed by atoms with Crippen LogP contribution in [0.25, 0.3) is 0 Å². The zero-order valence-corrected chi connectivity index (χ0v) is 10.1. The fourth-order valence-electron chi connectivity index (χ4n) is 1.68. The van der Waals surface area contributed by atoms with Crippen molar-refractivity contribution in [2.45, 2.75) is 32.2 Å². The summed E-state index contributed by atoms with van der Waals surface area (Å²) in [5.41, 5.74) is -0.656. The van der Waals surface area contributed by atoms with Gasteiger partial charge < -0.3 is 20.3 Å². The molecule has 1 rings (SSSR count).